The number of hydrogen-bond acceptors (Lipinski definition) is 3. The van der Waals surface area contributed by atoms with Crippen molar-refractivity contribution in [1.82, 2.24) is 4.72 Å². The van der Waals surface area contributed by atoms with E-state index in [4.69, 9.17) is 0 Å². The normalized spacial score (nSPS) is 22.3. The van der Waals surface area contributed by atoms with Crippen molar-refractivity contribution in [3.63, 3.8) is 0 Å². The molecule has 0 spiro atoms. The molecule has 2 atom stereocenters. The first kappa shape index (κ1) is 18.6. The summed E-state index contributed by atoms with van der Waals surface area (Å²) in [5.74, 6) is 0.0520. The monoisotopic (exact) mass is 301 g/mol. The Balaban J connectivity index is 0.00000154. The summed E-state index contributed by atoms with van der Waals surface area (Å²) < 4.78 is 44.0. The minimum absolute atomic E-state index is 0.0647. The second kappa shape index (κ2) is 7.38. The Morgan fingerprint density at radius 3 is 2.26 bits per heavy atom. The zero-order chi connectivity index (χ0) is 15.3. The molecule has 0 aromatic carbocycles. The highest BCUT2D eigenvalue weighted by atomic mass is 32.2. The van der Waals surface area contributed by atoms with Crippen LogP contribution < -0.4 is 4.72 Å². The van der Waals surface area contributed by atoms with Crippen molar-refractivity contribution in [1.29, 1.82) is 0 Å². The highest BCUT2D eigenvalue weighted by Crippen LogP contribution is 2.41. The molecule has 1 amide bonds. The Hall–Kier alpha value is -0.430. The third-order valence-electron chi connectivity index (χ3n) is 2.86. The van der Waals surface area contributed by atoms with E-state index in [9.17, 15) is 18.0 Å². The van der Waals surface area contributed by atoms with Gasteiger partial charge in [0.25, 0.3) is 0 Å². The van der Waals surface area contributed by atoms with Crippen molar-refractivity contribution in [2.45, 2.75) is 59.2 Å². The average Bonchev–Trinajstić information content (AvgIpc) is 3.09. The van der Waals surface area contributed by atoms with E-state index in [1.807, 2.05) is 20.8 Å². The van der Waals surface area contributed by atoms with Gasteiger partial charge in [-0.2, -0.15) is 13.2 Å². The van der Waals surface area contributed by atoms with Crippen molar-refractivity contribution < 1.29 is 22.1 Å². The summed E-state index contributed by atoms with van der Waals surface area (Å²) in [6, 6.07) is 0. The van der Waals surface area contributed by atoms with E-state index in [2.05, 4.69) is 8.91 Å². The summed E-state index contributed by atoms with van der Waals surface area (Å²) in [7, 11) is 0. The van der Waals surface area contributed by atoms with Crippen LogP contribution in [-0.2, 0) is 8.98 Å². The molecule has 19 heavy (non-hydrogen) atoms. The van der Waals surface area contributed by atoms with E-state index in [-0.39, 0.29) is 11.8 Å². The van der Waals surface area contributed by atoms with Crippen LogP contribution in [-0.4, -0.2) is 17.7 Å². The second-order valence-corrected chi connectivity index (χ2v) is 5.19. The molecule has 1 aliphatic rings. The van der Waals surface area contributed by atoms with E-state index in [0.29, 0.717) is 18.1 Å². The Kier molecular flexibility index (Phi) is 7.21. The van der Waals surface area contributed by atoms with Gasteiger partial charge in [0.05, 0.1) is 0 Å². The van der Waals surface area contributed by atoms with Crippen LogP contribution in [0.5, 0.6) is 0 Å². The number of carbonyl (C=O) groups excluding carboxylic acids is 1. The van der Waals surface area contributed by atoms with Gasteiger partial charge in [0.2, 0.25) is 5.91 Å². The molecule has 1 aliphatic carbocycles. The zero-order valence-electron chi connectivity index (χ0n) is 11.9. The van der Waals surface area contributed by atoms with Crippen LogP contribution in [0.25, 0.3) is 0 Å². The maximum absolute atomic E-state index is 12.4. The fraction of sp³-hybridized carbons (Fsp3) is 0.917. The SMILES string of the molecule is CC.CC[C@@H]1C[C@@H]1C(=O)NSOC(C)(C)C(F)(F)F. The lowest BCUT2D eigenvalue weighted by Crippen LogP contribution is -2.41. The number of alkyl halides is 3. The van der Waals surface area contributed by atoms with E-state index in [0.717, 1.165) is 26.7 Å². The molecule has 3 nitrogen and oxygen atoms in total. The van der Waals surface area contributed by atoms with Crippen molar-refractivity contribution in [3.8, 4) is 0 Å². The molecule has 0 saturated heterocycles. The molecule has 0 aromatic heterocycles. The lowest BCUT2D eigenvalue weighted by Gasteiger charge is -2.26. The smallest absolute Gasteiger partial charge is 0.281 e. The van der Waals surface area contributed by atoms with Gasteiger partial charge >= 0.3 is 6.18 Å². The average molecular weight is 301 g/mol. The molecule has 0 unspecified atom stereocenters. The molecule has 0 bridgehead atoms. The van der Waals surface area contributed by atoms with Gasteiger partial charge in [-0.25, -0.2) is 0 Å². The first-order valence-corrected chi connectivity index (χ1v) is 7.14. The fourth-order valence-corrected chi connectivity index (χ4v) is 1.89. The minimum Gasteiger partial charge on any atom is -0.281 e. The molecule has 7 heteroatoms. The Labute approximate surface area is 117 Å². The molecule has 1 fully saturated rings. The number of amides is 1. The summed E-state index contributed by atoms with van der Waals surface area (Å²) in [4.78, 5) is 11.4. The van der Waals surface area contributed by atoms with E-state index in [1.54, 1.807) is 0 Å². The predicted octanol–water partition coefficient (Wildman–Crippen LogP) is 4.10. The maximum Gasteiger partial charge on any atom is 0.418 e. The van der Waals surface area contributed by atoms with Crippen LogP contribution in [0, 0.1) is 11.8 Å². The number of rotatable bonds is 5. The summed E-state index contributed by atoms with van der Waals surface area (Å²) in [5.41, 5.74) is -2.28. The molecule has 0 heterocycles. The standard InChI is InChI=1S/C10H16F3NO2S.C2H6/c1-4-6-5-7(6)8(15)14-17-16-9(2,3)10(11,12)13;1-2/h6-7H,4-5H2,1-3H3,(H,14,15);1-2H3/t6-,7+;/m1./s1. The molecule has 0 aromatic rings. The third kappa shape index (κ3) is 5.60. The number of hydrogen-bond donors (Lipinski definition) is 1. The Morgan fingerprint density at radius 1 is 1.37 bits per heavy atom. The lowest BCUT2D eigenvalue weighted by atomic mass is 10.1. The molecule has 0 radical (unpaired) electrons. The molecule has 1 rings (SSSR count). The quantitative estimate of drug-likeness (QED) is 0.614. The molecule has 0 aliphatic heterocycles. The van der Waals surface area contributed by atoms with Gasteiger partial charge in [-0.15, -0.1) is 0 Å². The van der Waals surface area contributed by atoms with E-state index >= 15 is 0 Å². The summed E-state index contributed by atoms with van der Waals surface area (Å²) in [5, 5.41) is 0. The van der Waals surface area contributed by atoms with Gasteiger partial charge in [-0.1, -0.05) is 27.2 Å². The largest absolute Gasteiger partial charge is 0.418 e. The van der Waals surface area contributed by atoms with E-state index < -0.39 is 11.8 Å². The predicted molar refractivity (Wildman–Crippen MR) is 70.2 cm³/mol. The van der Waals surface area contributed by atoms with Crippen LogP contribution in [0.4, 0.5) is 13.2 Å². The Bertz CT molecular complexity index is 295. The van der Waals surface area contributed by atoms with Crippen molar-refractivity contribution >= 4 is 18.1 Å². The second-order valence-electron chi connectivity index (χ2n) is 4.65. The van der Waals surface area contributed by atoms with Gasteiger partial charge in [0.15, 0.2) is 5.60 Å². The van der Waals surface area contributed by atoms with Gasteiger partial charge in [-0.05, 0) is 26.2 Å². The number of nitrogens with one attached hydrogen (secondary N) is 1. The van der Waals surface area contributed by atoms with Gasteiger partial charge in [0, 0.05) is 5.92 Å². The van der Waals surface area contributed by atoms with E-state index in [1.165, 1.54) is 0 Å². The Morgan fingerprint density at radius 2 is 1.89 bits per heavy atom. The molecule has 1 N–H and O–H groups in total. The number of halogens is 3. The molecule has 1 saturated carbocycles. The summed E-state index contributed by atoms with van der Waals surface area (Å²) in [6.07, 6.45) is -2.74. The van der Waals surface area contributed by atoms with Gasteiger partial charge in [0.1, 0.15) is 12.2 Å². The number of carbonyl (C=O) groups is 1. The minimum atomic E-state index is -4.46. The van der Waals surface area contributed by atoms with Crippen LogP contribution in [0.1, 0.15) is 47.5 Å². The van der Waals surface area contributed by atoms with Crippen molar-refractivity contribution in [3.05, 3.63) is 0 Å². The first-order valence-electron chi connectivity index (χ1n) is 6.40. The molecular weight excluding hydrogens is 279 g/mol. The highest BCUT2D eigenvalue weighted by Gasteiger charge is 2.49. The van der Waals surface area contributed by atoms with Crippen LogP contribution in [0.15, 0.2) is 0 Å². The van der Waals surface area contributed by atoms with Gasteiger partial charge < -0.3 is 0 Å². The maximum atomic E-state index is 12.4. The fourth-order valence-electron chi connectivity index (χ4n) is 1.31. The zero-order valence-corrected chi connectivity index (χ0v) is 12.7. The third-order valence-corrected chi connectivity index (χ3v) is 3.64. The topological polar surface area (TPSA) is 38.3 Å². The van der Waals surface area contributed by atoms with Crippen molar-refractivity contribution in [2.24, 2.45) is 11.8 Å². The van der Waals surface area contributed by atoms with Crippen LogP contribution in [0.3, 0.4) is 0 Å². The molecular formula is C12H22F3NO2S. The highest BCUT2D eigenvalue weighted by molar-refractivity contribution is 7.93. The van der Waals surface area contributed by atoms with Gasteiger partial charge in [-0.3, -0.25) is 13.7 Å². The first-order chi connectivity index (χ1) is 8.69. The van der Waals surface area contributed by atoms with Crippen LogP contribution in [0.2, 0.25) is 0 Å². The molecule has 114 valence electrons. The summed E-state index contributed by atoms with van der Waals surface area (Å²) in [6.45, 7) is 7.81. The summed E-state index contributed by atoms with van der Waals surface area (Å²) >= 11 is 0.356. The lowest BCUT2D eigenvalue weighted by molar-refractivity contribution is -0.230. The van der Waals surface area contributed by atoms with Crippen molar-refractivity contribution in [2.75, 3.05) is 0 Å². The van der Waals surface area contributed by atoms with Crippen LogP contribution >= 0.6 is 12.2 Å².